The predicted octanol–water partition coefficient (Wildman–Crippen LogP) is 4.37. The van der Waals surface area contributed by atoms with Gasteiger partial charge in [-0.25, -0.2) is 0 Å². The van der Waals surface area contributed by atoms with Crippen LogP contribution >= 0.6 is 11.8 Å². The van der Waals surface area contributed by atoms with E-state index in [1.54, 1.807) is 12.1 Å². The first-order valence-corrected chi connectivity index (χ1v) is 9.15. The van der Waals surface area contributed by atoms with Crippen LogP contribution in [0.25, 0.3) is 0 Å². The van der Waals surface area contributed by atoms with E-state index in [0.29, 0.717) is 11.5 Å². The molecule has 0 saturated carbocycles. The molecule has 0 unspecified atom stereocenters. The highest BCUT2D eigenvalue weighted by Crippen LogP contribution is 2.29. The number of benzene rings is 2. The van der Waals surface area contributed by atoms with Gasteiger partial charge < -0.3 is 9.47 Å². The molecule has 0 amide bonds. The monoisotopic (exact) mass is 375 g/mol. The number of hydrogen-bond acceptors (Lipinski definition) is 6. The van der Waals surface area contributed by atoms with Crippen LogP contribution in [-0.4, -0.2) is 23.8 Å². The fourth-order valence-electron chi connectivity index (χ4n) is 2.69. The minimum Gasteiger partial charge on any atom is -0.490 e. The molecular formula is C19H21NO5S. The van der Waals surface area contributed by atoms with E-state index in [1.807, 2.05) is 32.9 Å². The number of ether oxygens (including phenoxy) is 2. The molecule has 0 atom stereocenters. The summed E-state index contributed by atoms with van der Waals surface area (Å²) < 4.78 is 10.5. The van der Waals surface area contributed by atoms with E-state index in [9.17, 15) is 14.9 Å². The summed E-state index contributed by atoms with van der Waals surface area (Å²) in [7, 11) is 1.39. The molecule has 2 aromatic rings. The maximum atomic E-state index is 12.1. The highest BCUT2D eigenvalue weighted by Gasteiger charge is 2.16. The third-order valence-electron chi connectivity index (χ3n) is 3.75. The zero-order valence-corrected chi connectivity index (χ0v) is 16.0. The summed E-state index contributed by atoms with van der Waals surface area (Å²) in [6.07, 6.45) is 0. The molecule has 0 saturated heterocycles. The first-order chi connectivity index (χ1) is 12.3. The SMILES string of the molecule is COc1ccc(CSCC(=O)Oc2c(C)cc(C)cc2C)cc1[N+](=O)[O-]. The minimum atomic E-state index is -0.482. The van der Waals surface area contributed by atoms with Crippen molar-refractivity contribution in [2.75, 3.05) is 12.9 Å². The molecule has 2 aromatic carbocycles. The predicted molar refractivity (Wildman–Crippen MR) is 102 cm³/mol. The topological polar surface area (TPSA) is 78.7 Å². The second-order valence-electron chi connectivity index (χ2n) is 5.96. The lowest BCUT2D eigenvalue weighted by Gasteiger charge is -2.11. The summed E-state index contributed by atoms with van der Waals surface area (Å²) in [5, 5.41) is 11.1. The van der Waals surface area contributed by atoms with Gasteiger partial charge in [-0.2, -0.15) is 0 Å². The first-order valence-electron chi connectivity index (χ1n) is 7.99. The molecule has 2 rings (SSSR count). The number of methoxy groups -OCH3 is 1. The molecule has 0 N–H and O–H groups in total. The smallest absolute Gasteiger partial charge is 0.321 e. The Labute approximate surface area is 156 Å². The molecule has 7 heteroatoms. The molecule has 0 spiro atoms. The molecule has 0 bridgehead atoms. The number of nitrogens with zero attached hydrogens (tertiary/aromatic N) is 1. The summed E-state index contributed by atoms with van der Waals surface area (Å²) in [6, 6.07) is 8.72. The summed E-state index contributed by atoms with van der Waals surface area (Å²) in [4.78, 5) is 22.7. The van der Waals surface area contributed by atoms with Gasteiger partial charge in [0, 0.05) is 11.8 Å². The van der Waals surface area contributed by atoms with Crippen LogP contribution in [0.2, 0.25) is 0 Å². The lowest BCUT2D eigenvalue weighted by molar-refractivity contribution is -0.385. The van der Waals surface area contributed by atoms with Crippen molar-refractivity contribution >= 4 is 23.4 Å². The van der Waals surface area contributed by atoms with E-state index in [4.69, 9.17) is 9.47 Å². The van der Waals surface area contributed by atoms with E-state index in [0.717, 1.165) is 22.3 Å². The van der Waals surface area contributed by atoms with Gasteiger partial charge in [0.05, 0.1) is 17.8 Å². The van der Waals surface area contributed by atoms with Gasteiger partial charge in [-0.1, -0.05) is 23.8 Å². The van der Waals surface area contributed by atoms with Crippen molar-refractivity contribution in [2.45, 2.75) is 26.5 Å². The Morgan fingerprint density at radius 2 is 1.81 bits per heavy atom. The van der Waals surface area contributed by atoms with Crippen LogP contribution in [-0.2, 0) is 10.5 Å². The van der Waals surface area contributed by atoms with Crippen LogP contribution in [0.3, 0.4) is 0 Å². The first kappa shape index (κ1) is 19.8. The molecule has 0 radical (unpaired) electrons. The molecule has 0 aliphatic rings. The molecule has 138 valence electrons. The lowest BCUT2D eigenvalue weighted by Crippen LogP contribution is -2.12. The van der Waals surface area contributed by atoms with Crippen LogP contribution in [0, 0.1) is 30.9 Å². The van der Waals surface area contributed by atoms with E-state index in [1.165, 1.54) is 24.9 Å². The van der Waals surface area contributed by atoms with Crippen LogP contribution in [0.5, 0.6) is 11.5 Å². The third-order valence-corrected chi connectivity index (χ3v) is 4.73. The molecule has 0 aliphatic heterocycles. The third kappa shape index (κ3) is 4.98. The number of hydrogen-bond donors (Lipinski definition) is 0. The quantitative estimate of drug-likeness (QED) is 0.309. The Morgan fingerprint density at radius 1 is 1.15 bits per heavy atom. The Hall–Kier alpha value is -2.54. The summed E-state index contributed by atoms with van der Waals surface area (Å²) in [5.74, 6) is 1.10. The van der Waals surface area contributed by atoms with Crippen LogP contribution < -0.4 is 9.47 Å². The van der Waals surface area contributed by atoms with Crippen molar-refractivity contribution in [3.63, 3.8) is 0 Å². The van der Waals surface area contributed by atoms with Crippen molar-refractivity contribution in [3.05, 3.63) is 62.7 Å². The number of carbonyl (C=O) groups excluding carboxylic acids is 1. The van der Waals surface area contributed by atoms with Crippen molar-refractivity contribution in [1.29, 1.82) is 0 Å². The number of nitro benzene ring substituents is 1. The molecule has 0 aliphatic carbocycles. The van der Waals surface area contributed by atoms with Crippen molar-refractivity contribution < 1.29 is 19.2 Å². The number of nitro groups is 1. The summed E-state index contributed by atoms with van der Waals surface area (Å²) >= 11 is 1.34. The van der Waals surface area contributed by atoms with Gasteiger partial charge in [0.1, 0.15) is 5.75 Å². The highest BCUT2D eigenvalue weighted by molar-refractivity contribution is 7.99. The Balaban J connectivity index is 1.95. The fraction of sp³-hybridized carbons (Fsp3) is 0.316. The van der Waals surface area contributed by atoms with Gasteiger partial charge in [0.15, 0.2) is 5.75 Å². The Morgan fingerprint density at radius 3 is 2.38 bits per heavy atom. The molecule has 0 heterocycles. The molecule has 6 nitrogen and oxygen atoms in total. The molecular weight excluding hydrogens is 354 g/mol. The van der Waals surface area contributed by atoms with Crippen LogP contribution in [0.1, 0.15) is 22.3 Å². The van der Waals surface area contributed by atoms with Crippen molar-refractivity contribution in [3.8, 4) is 11.5 Å². The van der Waals surface area contributed by atoms with Gasteiger partial charge in [-0.3, -0.25) is 14.9 Å². The van der Waals surface area contributed by atoms with Gasteiger partial charge in [0.25, 0.3) is 0 Å². The highest BCUT2D eigenvalue weighted by atomic mass is 32.2. The Bertz CT molecular complexity index is 812. The minimum absolute atomic E-state index is 0.0842. The van der Waals surface area contributed by atoms with Crippen LogP contribution in [0.15, 0.2) is 30.3 Å². The number of carbonyl (C=O) groups is 1. The van der Waals surface area contributed by atoms with E-state index in [-0.39, 0.29) is 23.2 Å². The summed E-state index contributed by atoms with van der Waals surface area (Å²) in [5.41, 5.74) is 3.63. The molecule has 26 heavy (non-hydrogen) atoms. The molecule has 0 fully saturated rings. The normalized spacial score (nSPS) is 10.5. The van der Waals surface area contributed by atoms with E-state index < -0.39 is 4.92 Å². The number of thioether (sulfide) groups is 1. The van der Waals surface area contributed by atoms with Gasteiger partial charge in [-0.05, 0) is 43.5 Å². The van der Waals surface area contributed by atoms with Crippen LogP contribution in [0.4, 0.5) is 5.69 Å². The second-order valence-corrected chi connectivity index (χ2v) is 6.94. The zero-order chi connectivity index (χ0) is 19.3. The van der Waals surface area contributed by atoms with Gasteiger partial charge in [0.2, 0.25) is 0 Å². The number of aryl methyl sites for hydroxylation is 3. The maximum Gasteiger partial charge on any atom is 0.321 e. The largest absolute Gasteiger partial charge is 0.490 e. The standard InChI is InChI=1S/C19H21NO5S/c1-12-7-13(2)19(14(3)8-12)25-18(21)11-26-10-15-5-6-17(24-4)16(9-15)20(22)23/h5-9H,10-11H2,1-4H3. The summed E-state index contributed by atoms with van der Waals surface area (Å²) in [6.45, 7) is 5.81. The van der Waals surface area contributed by atoms with Gasteiger partial charge >= 0.3 is 11.7 Å². The average molecular weight is 375 g/mol. The van der Waals surface area contributed by atoms with E-state index in [2.05, 4.69) is 0 Å². The number of esters is 1. The molecule has 0 aromatic heterocycles. The lowest BCUT2D eigenvalue weighted by atomic mass is 10.1. The van der Waals surface area contributed by atoms with Crippen molar-refractivity contribution in [2.24, 2.45) is 0 Å². The average Bonchev–Trinajstić information content (AvgIpc) is 2.58. The fourth-order valence-corrected chi connectivity index (χ4v) is 3.43. The van der Waals surface area contributed by atoms with E-state index >= 15 is 0 Å². The Kier molecular flexibility index (Phi) is 6.63. The van der Waals surface area contributed by atoms with Gasteiger partial charge in [-0.15, -0.1) is 11.8 Å². The number of rotatable bonds is 7. The second kappa shape index (κ2) is 8.71. The zero-order valence-electron chi connectivity index (χ0n) is 15.2. The van der Waals surface area contributed by atoms with Crippen molar-refractivity contribution in [1.82, 2.24) is 0 Å². The maximum absolute atomic E-state index is 12.1.